The number of aryl methyl sites for hydroxylation is 2. The summed E-state index contributed by atoms with van der Waals surface area (Å²) in [7, 11) is 1.81. The van der Waals surface area contributed by atoms with Crippen molar-refractivity contribution in [1.29, 1.82) is 5.26 Å². The molecule has 0 saturated carbocycles. The van der Waals surface area contributed by atoms with Crippen LogP contribution < -0.4 is 0 Å². The molecule has 0 N–H and O–H groups in total. The number of rotatable bonds is 4. The highest BCUT2D eigenvalue weighted by Gasteiger charge is 2.16. The normalized spacial score (nSPS) is 10.5. The number of hydrogen-bond acceptors (Lipinski definition) is 3. The van der Waals surface area contributed by atoms with Crippen LogP contribution in [-0.2, 0) is 17.8 Å². The monoisotopic (exact) mass is 343 g/mol. The molecule has 130 valence electrons. The molecule has 1 aromatic heterocycles. The Kier molecular flexibility index (Phi) is 4.99. The van der Waals surface area contributed by atoms with Gasteiger partial charge in [-0.25, -0.2) is 0 Å². The van der Waals surface area contributed by atoms with Gasteiger partial charge in [-0.05, 0) is 48.7 Å². The van der Waals surface area contributed by atoms with Crippen LogP contribution in [0.5, 0.6) is 0 Å². The fourth-order valence-corrected chi connectivity index (χ4v) is 3.16. The second kappa shape index (κ2) is 7.37. The topological polar surface area (TPSA) is 57.0 Å². The molecule has 26 heavy (non-hydrogen) atoms. The molecule has 1 heterocycles. The van der Waals surface area contributed by atoms with Crippen molar-refractivity contribution in [3.8, 4) is 6.07 Å². The van der Waals surface area contributed by atoms with E-state index in [1.165, 1.54) is 0 Å². The zero-order valence-electron chi connectivity index (χ0n) is 15.3. The number of amides is 1. The Morgan fingerprint density at radius 2 is 1.81 bits per heavy atom. The number of pyridine rings is 1. The Hall–Kier alpha value is -3.19. The number of nitriles is 1. The minimum Gasteiger partial charge on any atom is -0.341 e. The number of para-hydroxylation sites is 1. The quantitative estimate of drug-likeness (QED) is 0.721. The Bertz CT molecular complexity index is 1000. The van der Waals surface area contributed by atoms with Gasteiger partial charge in [0.05, 0.1) is 23.6 Å². The summed E-state index contributed by atoms with van der Waals surface area (Å²) in [5.41, 5.74) is 5.61. The van der Waals surface area contributed by atoms with Crippen molar-refractivity contribution in [3.63, 3.8) is 0 Å². The van der Waals surface area contributed by atoms with Gasteiger partial charge in [0.15, 0.2) is 0 Å². The lowest BCUT2D eigenvalue weighted by atomic mass is 9.99. The number of carbonyl (C=O) groups is 1. The number of likely N-dealkylation sites (N-methyl/N-ethyl adjacent to an activating group) is 1. The number of fused-ring (bicyclic) bond motifs is 1. The van der Waals surface area contributed by atoms with Crippen LogP contribution in [-0.4, -0.2) is 22.8 Å². The SMILES string of the molecule is Cc1nc2ccccc2c(C)c1CC(=O)N(C)Cc1ccc(C#N)cc1. The van der Waals surface area contributed by atoms with Gasteiger partial charge in [0.2, 0.25) is 5.91 Å². The Balaban J connectivity index is 1.78. The molecule has 3 rings (SSSR count). The third kappa shape index (κ3) is 3.57. The molecule has 0 atom stereocenters. The Labute approximate surface area is 153 Å². The summed E-state index contributed by atoms with van der Waals surface area (Å²) in [6.45, 7) is 4.53. The summed E-state index contributed by atoms with van der Waals surface area (Å²) in [6.07, 6.45) is 0.336. The number of aromatic nitrogens is 1. The lowest BCUT2D eigenvalue weighted by Crippen LogP contribution is -2.28. The van der Waals surface area contributed by atoms with Crippen molar-refractivity contribution in [3.05, 3.63) is 76.5 Å². The number of carbonyl (C=O) groups excluding carboxylic acids is 1. The number of benzene rings is 2. The maximum absolute atomic E-state index is 12.7. The zero-order valence-corrected chi connectivity index (χ0v) is 15.3. The first-order valence-corrected chi connectivity index (χ1v) is 8.57. The van der Waals surface area contributed by atoms with E-state index >= 15 is 0 Å². The summed E-state index contributed by atoms with van der Waals surface area (Å²) in [5, 5.41) is 9.96. The Morgan fingerprint density at radius 3 is 2.50 bits per heavy atom. The standard InChI is InChI=1S/C22H21N3O/c1-15-19-6-4-5-7-21(19)24-16(2)20(15)12-22(26)25(3)14-18-10-8-17(13-23)9-11-18/h4-11H,12,14H2,1-3H3. The third-order valence-electron chi connectivity index (χ3n) is 4.74. The van der Waals surface area contributed by atoms with Gasteiger partial charge in [-0.1, -0.05) is 30.3 Å². The fraction of sp³-hybridized carbons (Fsp3) is 0.227. The van der Waals surface area contributed by atoms with Gasteiger partial charge in [0, 0.05) is 24.7 Å². The van der Waals surface area contributed by atoms with E-state index in [0.29, 0.717) is 18.5 Å². The summed E-state index contributed by atoms with van der Waals surface area (Å²) in [4.78, 5) is 19.1. The van der Waals surface area contributed by atoms with Crippen LogP contribution in [0.4, 0.5) is 0 Å². The maximum atomic E-state index is 12.7. The first-order valence-electron chi connectivity index (χ1n) is 8.57. The molecular formula is C22H21N3O. The van der Waals surface area contributed by atoms with Crippen molar-refractivity contribution in [2.45, 2.75) is 26.8 Å². The predicted molar refractivity (Wildman–Crippen MR) is 103 cm³/mol. The molecule has 1 amide bonds. The maximum Gasteiger partial charge on any atom is 0.227 e. The molecule has 0 bridgehead atoms. The van der Waals surface area contributed by atoms with E-state index in [4.69, 9.17) is 5.26 Å². The summed E-state index contributed by atoms with van der Waals surface area (Å²) < 4.78 is 0. The summed E-state index contributed by atoms with van der Waals surface area (Å²) in [5.74, 6) is 0.0534. The van der Waals surface area contributed by atoms with Crippen LogP contribution in [0.2, 0.25) is 0 Å². The van der Waals surface area contributed by atoms with Crippen LogP contribution in [0.1, 0.15) is 27.9 Å². The summed E-state index contributed by atoms with van der Waals surface area (Å²) in [6, 6.07) is 17.4. The first kappa shape index (κ1) is 17.6. The van der Waals surface area contributed by atoms with Gasteiger partial charge in [-0.3, -0.25) is 9.78 Å². The highest BCUT2D eigenvalue weighted by molar-refractivity contribution is 5.86. The van der Waals surface area contributed by atoms with E-state index in [9.17, 15) is 4.79 Å². The minimum absolute atomic E-state index is 0.0534. The molecule has 0 aliphatic rings. The second-order valence-corrected chi connectivity index (χ2v) is 6.55. The van der Waals surface area contributed by atoms with Gasteiger partial charge >= 0.3 is 0 Å². The predicted octanol–water partition coefficient (Wildman–Crippen LogP) is 3.92. The second-order valence-electron chi connectivity index (χ2n) is 6.55. The van der Waals surface area contributed by atoms with Crippen LogP contribution >= 0.6 is 0 Å². The molecule has 4 heteroatoms. The van der Waals surface area contributed by atoms with E-state index in [2.05, 4.69) is 18.0 Å². The minimum atomic E-state index is 0.0534. The molecule has 3 aromatic rings. The van der Waals surface area contributed by atoms with E-state index in [1.54, 1.807) is 24.1 Å². The smallest absolute Gasteiger partial charge is 0.227 e. The van der Waals surface area contributed by atoms with Crippen molar-refractivity contribution < 1.29 is 4.79 Å². The third-order valence-corrected chi connectivity index (χ3v) is 4.74. The van der Waals surface area contributed by atoms with E-state index in [0.717, 1.165) is 33.3 Å². The molecule has 0 fully saturated rings. The average Bonchev–Trinajstić information content (AvgIpc) is 2.65. The zero-order chi connectivity index (χ0) is 18.7. The lowest BCUT2D eigenvalue weighted by Gasteiger charge is -2.19. The van der Waals surface area contributed by atoms with E-state index in [1.807, 2.05) is 43.3 Å². The average molecular weight is 343 g/mol. The van der Waals surface area contributed by atoms with Crippen molar-refractivity contribution in [2.24, 2.45) is 0 Å². The van der Waals surface area contributed by atoms with Gasteiger partial charge in [-0.2, -0.15) is 5.26 Å². The van der Waals surface area contributed by atoms with Crippen LogP contribution in [0.3, 0.4) is 0 Å². The first-order chi connectivity index (χ1) is 12.5. The molecule has 0 aliphatic heterocycles. The van der Waals surface area contributed by atoms with Gasteiger partial charge < -0.3 is 4.90 Å². The molecular weight excluding hydrogens is 322 g/mol. The van der Waals surface area contributed by atoms with Crippen LogP contribution in [0.15, 0.2) is 48.5 Å². The summed E-state index contributed by atoms with van der Waals surface area (Å²) >= 11 is 0. The molecule has 0 saturated heterocycles. The molecule has 0 spiro atoms. The molecule has 2 aromatic carbocycles. The lowest BCUT2D eigenvalue weighted by molar-refractivity contribution is -0.129. The van der Waals surface area contributed by atoms with E-state index < -0.39 is 0 Å². The molecule has 0 radical (unpaired) electrons. The molecule has 4 nitrogen and oxygen atoms in total. The molecule has 0 unspecified atom stereocenters. The highest BCUT2D eigenvalue weighted by Crippen LogP contribution is 2.23. The Morgan fingerprint density at radius 1 is 1.12 bits per heavy atom. The van der Waals surface area contributed by atoms with Crippen molar-refractivity contribution in [1.82, 2.24) is 9.88 Å². The number of nitrogens with zero attached hydrogens (tertiary/aromatic N) is 3. The van der Waals surface area contributed by atoms with Gasteiger partial charge in [0.25, 0.3) is 0 Å². The van der Waals surface area contributed by atoms with Crippen LogP contribution in [0, 0.1) is 25.2 Å². The van der Waals surface area contributed by atoms with Crippen molar-refractivity contribution in [2.75, 3.05) is 7.05 Å². The highest BCUT2D eigenvalue weighted by atomic mass is 16.2. The largest absolute Gasteiger partial charge is 0.341 e. The van der Waals surface area contributed by atoms with Crippen LogP contribution in [0.25, 0.3) is 10.9 Å². The van der Waals surface area contributed by atoms with Crippen molar-refractivity contribution >= 4 is 16.8 Å². The van der Waals surface area contributed by atoms with E-state index in [-0.39, 0.29) is 5.91 Å². The number of hydrogen-bond donors (Lipinski definition) is 0. The fourth-order valence-electron chi connectivity index (χ4n) is 3.16. The van der Waals surface area contributed by atoms with Gasteiger partial charge in [-0.15, -0.1) is 0 Å². The van der Waals surface area contributed by atoms with Gasteiger partial charge in [0.1, 0.15) is 0 Å². The molecule has 0 aliphatic carbocycles.